The van der Waals surface area contributed by atoms with Gasteiger partial charge < -0.3 is 9.84 Å². The summed E-state index contributed by atoms with van der Waals surface area (Å²) in [7, 11) is 0. The molecule has 0 aliphatic carbocycles. The molecule has 0 unspecified atom stereocenters. The Kier molecular flexibility index (Phi) is 7.54. The summed E-state index contributed by atoms with van der Waals surface area (Å²) in [4.78, 5) is 16.4. The first kappa shape index (κ1) is 23.3. The molecule has 2 aromatic heterocycles. The molecule has 30 heavy (non-hydrogen) atoms. The van der Waals surface area contributed by atoms with Gasteiger partial charge in [0.15, 0.2) is 5.69 Å². The molecule has 158 valence electrons. The van der Waals surface area contributed by atoms with Crippen molar-refractivity contribution in [3.8, 4) is 6.07 Å². The summed E-state index contributed by atoms with van der Waals surface area (Å²) in [5.41, 5.74) is 1.13. The molecule has 0 fully saturated rings. The number of nitrogens with zero attached hydrogens (tertiary/aromatic N) is 4. The molecule has 1 aromatic carbocycles. The van der Waals surface area contributed by atoms with E-state index in [4.69, 9.17) is 16.3 Å². The maximum Gasteiger partial charge on any atom is 0.342 e. The second-order valence-corrected chi connectivity index (χ2v) is 7.29. The highest BCUT2D eigenvalue weighted by Crippen LogP contribution is 2.30. The monoisotopic (exact) mass is 428 g/mol. The fraction of sp³-hybridized carbons (Fsp3) is 0.364. The summed E-state index contributed by atoms with van der Waals surface area (Å²) in [6.45, 7) is 9.56. The van der Waals surface area contributed by atoms with E-state index >= 15 is 0 Å². The number of fused-ring (bicyclic) bond motifs is 1. The van der Waals surface area contributed by atoms with Crippen LogP contribution in [0, 0.1) is 11.3 Å². The molecule has 8 heteroatoms. The van der Waals surface area contributed by atoms with E-state index < -0.39 is 11.6 Å². The van der Waals surface area contributed by atoms with E-state index in [2.05, 4.69) is 10.1 Å². The average molecular weight is 429 g/mol. The van der Waals surface area contributed by atoms with Gasteiger partial charge in [-0.3, -0.25) is 9.67 Å². The number of carbonyl (C=O) groups is 1. The van der Waals surface area contributed by atoms with Crippen molar-refractivity contribution in [1.82, 2.24) is 14.8 Å². The van der Waals surface area contributed by atoms with Crippen LogP contribution in [-0.4, -0.2) is 32.4 Å². The number of esters is 1. The minimum atomic E-state index is -1.12. The number of rotatable bonds is 5. The number of halogens is 1. The largest absolute Gasteiger partial charge is 0.462 e. The fourth-order valence-electron chi connectivity index (χ4n) is 2.97. The molecule has 7 nitrogen and oxygen atoms in total. The highest BCUT2D eigenvalue weighted by atomic mass is 35.5. The van der Waals surface area contributed by atoms with E-state index in [1.165, 1.54) is 17.1 Å². The molecule has 3 aromatic rings. The van der Waals surface area contributed by atoms with Gasteiger partial charge in [0.25, 0.3) is 0 Å². The van der Waals surface area contributed by atoms with Crippen molar-refractivity contribution in [2.24, 2.45) is 0 Å². The number of aliphatic hydroxyl groups is 1. The summed E-state index contributed by atoms with van der Waals surface area (Å²) < 4.78 is 6.47. The van der Waals surface area contributed by atoms with Crippen molar-refractivity contribution >= 4 is 28.5 Å². The van der Waals surface area contributed by atoms with Gasteiger partial charge >= 0.3 is 5.97 Å². The molecule has 0 radical (unpaired) electrons. The minimum Gasteiger partial charge on any atom is -0.462 e. The van der Waals surface area contributed by atoms with Crippen LogP contribution in [0.1, 0.15) is 61.8 Å². The topological polar surface area (TPSA) is 101 Å². The van der Waals surface area contributed by atoms with Crippen LogP contribution >= 0.6 is 11.6 Å². The Morgan fingerprint density at radius 2 is 2.03 bits per heavy atom. The van der Waals surface area contributed by atoms with Crippen molar-refractivity contribution in [3.63, 3.8) is 0 Å². The third-order valence-corrected chi connectivity index (χ3v) is 4.38. The van der Waals surface area contributed by atoms with E-state index in [1.807, 2.05) is 32.0 Å². The lowest BCUT2D eigenvalue weighted by Gasteiger charge is -2.21. The van der Waals surface area contributed by atoms with Gasteiger partial charge in [0, 0.05) is 23.3 Å². The number of ether oxygens (including phenoxy) is 1. The minimum absolute atomic E-state index is 0.00617. The zero-order valence-corrected chi connectivity index (χ0v) is 18.5. The predicted molar refractivity (Wildman–Crippen MR) is 115 cm³/mol. The molecular formula is C22H25ClN4O3. The smallest absolute Gasteiger partial charge is 0.342 e. The lowest BCUT2D eigenvalue weighted by Crippen LogP contribution is -2.17. The average Bonchev–Trinajstić information content (AvgIpc) is 3.11. The number of carbonyl (C=O) groups excluding carboxylic acids is 1. The van der Waals surface area contributed by atoms with Gasteiger partial charge in [-0.2, -0.15) is 10.4 Å². The molecule has 3 rings (SSSR count). The van der Waals surface area contributed by atoms with Crippen LogP contribution in [0.2, 0.25) is 5.02 Å². The number of nitriles is 1. The van der Waals surface area contributed by atoms with Crippen molar-refractivity contribution in [2.45, 2.75) is 46.8 Å². The van der Waals surface area contributed by atoms with E-state index in [9.17, 15) is 15.2 Å². The van der Waals surface area contributed by atoms with Crippen LogP contribution in [0.4, 0.5) is 0 Å². The van der Waals surface area contributed by atoms with Crippen LogP contribution in [0.25, 0.3) is 10.9 Å². The summed E-state index contributed by atoms with van der Waals surface area (Å²) in [5, 5.41) is 25.2. The Bertz CT molecular complexity index is 1090. The van der Waals surface area contributed by atoms with Crippen LogP contribution in [0.5, 0.6) is 0 Å². The molecule has 0 atom stereocenters. The maximum absolute atomic E-state index is 12.0. The fourth-order valence-corrected chi connectivity index (χ4v) is 3.14. The van der Waals surface area contributed by atoms with E-state index in [1.54, 1.807) is 26.8 Å². The summed E-state index contributed by atoms with van der Waals surface area (Å²) in [5.74, 6) is -0.586. The zero-order valence-electron chi connectivity index (χ0n) is 17.7. The molecule has 0 saturated heterocycles. The Morgan fingerprint density at radius 3 is 2.63 bits per heavy atom. The second kappa shape index (κ2) is 9.70. The normalized spacial score (nSPS) is 10.9. The summed E-state index contributed by atoms with van der Waals surface area (Å²) >= 11 is 6.08. The third kappa shape index (κ3) is 5.15. The maximum atomic E-state index is 12.0. The van der Waals surface area contributed by atoms with Gasteiger partial charge in [-0.25, -0.2) is 4.79 Å². The molecular weight excluding hydrogens is 404 g/mol. The molecule has 0 bridgehead atoms. The van der Waals surface area contributed by atoms with Gasteiger partial charge in [0.2, 0.25) is 0 Å². The highest BCUT2D eigenvalue weighted by molar-refractivity contribution is 6.31. The van der Waals surface area contributed by atoms with Crippen molar-refractivity contribution in [3.05, 3.63) is 58.0 Å². The van der Waals surface area contributed by atoms with Crippen LogP contribution in [0.3, 0.4) is 0 Å². The molecule has 0 aliphatic rings. The van der Waals surface area contributed by atoms with Gasteiger partial charge in [0.05, 0.1) is 29.3 Å². The first-order valence-corrected chi connectivity index (χ1v) is 10.1. The first-order chi connectivity index (χ1) is 14.2. The van der Waals surface area contributed by atoms with Crippen molar-refractivity contribution in [2.75, 3.05) is 6.61 Å². The Labute approximate surface area is 180 Å². The van der Waals surface area contributed by atoms with E-state index in [-0.39, 0.29) is 17.9 Å². The van der Waals surface area contributed by atoms with Crippen LogP contribution < -0.4 is 0 Å². The molecule has 0 spiro atoms. The Morgan fingerprint density at radius 1 is 1.33 bits per heavy atom. The number of hydrogen-bond acceptors (Lipinski definition) is 6. The van der Waals surface area contributed by atoms with Gasteiger partial charge in [0.1, 0.15) is 11.6 Å². The Hall–Kier alpha value is -2.95. The van der Waals surface area contributed by atoms with Crippen molar-refractivity contribution in [1.29, 1.82) is 5.26 Å². The van der Waals surface area contributed by atoms with E-state index in [0.29, 0.717) is 22.6 Å². The SMILES string of the molecule is CC.CCOC(=O)c1cn(Cc2cc(C(C)(C)O)c3ncc(Cl)cc3c2)nc1C#N. The third-order valence-electron chi connectivity index (χ3n) is 4.18. The molecule has 0 aliphatic heterocycles. The molecule has 1 N–H and O–H groups in total. The predicted octanol–water partition coefficient (Wildman–Crippen LogP) is 4.43. The Balaban J connectivity index is 0.00000155. The van der Waals surface area contributed by atoms with E-state index in [0.717, 1.165) is 10.9 Å². The van der Waals surface area contributed by atoms with Gasteiger partial charge in [-0.05, 0) is 44.5 Å². The standard InChI is InChI=1S/C20H19ClN4O3.C2H6/c1-4-28-19(26)15-11-25(24-17(15)8-22)10-12-5-13-7-14(21)9-23-18(13)16(6-12)20(2,3)27;1-2/h5-7,9,11,27H,4,10H2,1-3H3;1-2H3. The summed E-state index contributed by atoms with van der Waals surface area (Å²) in [6, 6.07) is 7.41. The van der Waals surface area contributed by atoms with Crippen molar-refractivity contribution < 1.29 is 14.6 Å². The number of aromatic nitrogens is 3. The van der Waals surface area contributed by atoms with Gasteiger partial charge in [-0.1, -0.05) is 25.4 Å². The quantitative estimate of drug-likeness (QED) is 0.603. The molecule has 0 amide bonds. The first-order valence-electron chi connectivity index (χ1n) is 9.68. The molecule has 0 saturated carbocycles. The van der Waals surface area contributed by atoms with Crippen LogP contribution in [0.15, 0.2) is 30.6 Å². The number of pyridine rings is 1. The van der Waals surface area contributed by atoms with Crippen LogP contribution in [-0.2, 0) is 16.9 Å². The lowest BCUT2D eigenvalue weighted by atomic mass is 9.93. The number of benzene rings is 1. The number of hydrogen-bond donors (Lipinski definition) is 1. The summed E-state index contributed by atoms with van der Waals surface area (Å²) in [6.07, 6.45) is 3.03. The highest BCUT2D eigenvalue weighted by Gasteiger charge is 2.22. The second-order valence-electron chi connectivity index (χ2n) is 6.85. The zero-order chi connectivity index (χ0) is 22.5. The molecule has 2 heterocycles. The van der Waals surface area contributed by atoms with Gasteiger partial charge in [-0.15, -0.1) is 0 Å². The lowest BCUT2D eigenvalue weighted by molar-refractivity contribution is 0.0525.